The maximum atomic E-state index is 11.9. The largest absolute Gasteiger partial charge is 0.451 e. The van der Waals surface area contributed by atoms with Crippen molar-refractivity contribution < 1.29 is 10.6 Å². The standard InChI is InChI=1S/C17H16N2O2.H2/c1-11(2)19-17(20)16-8-7-15(21-16)13-9-12-5-3-4-6-14(12)18-10-13;/h3-11H,1-2H3,(H,19,20);1H. The average molecular weight is 282 g/mol. The van der Waals surface area contributed by atoms with Gasteiger partial charge in [0, 0.05) is 24.6 Å². The van der Waals surface area contributed by atoms with E-state index in [-0.39, 0.29) is 13.4 Å². The predicted octanol–water partition coefficient (Wildman–Crippen LogP) is 3.88. The van der Waals surface area contributed by atoms with Gasteiger partial charge in [-0.25, -0.2) is 0 Å². The second-order valence-electron chi connectivity index (χ2n) is 5.21. The molecule has 4 heteroatoms. The maximum absolute atomic E-state index is 11.9. The fraction of sp³-hybridized carbons (Fsp3) is 0.176. The van der Waals surface area contributed by atoms with E-state index in [1.807, 2.05) is 44.2 Å². The molecule has 2 aromatic heterocycles. The zero-order chi connectivity index (χ0) is 14.8. The number of amides is 1. The first-order valence-corrected chi connectivity index (χ1v) is 6.89. The highest BCUT2D eigenvalue weighted by atomic mass is 16.3. The Morgan fingerprint density at radius 1 is 1.24 bits per heavy atom. The van der Waals surface area contributed by atoms with Gasteiger partial charge in [0.2, 0.25) is 0 Å². The van der Waals surface area contributed by atoms with E-state index in [1.165, 1.54) is 0 Å². The summed E-state index contributed by atoms with van der Waals surface area (Å²) in [6, 6.07) is 13.4. The number of pyridine rings is 1. The van der Waals surface area contributed by atoms with Gasteiger partial charge in [-0.2, -0.15) is 0 Å². The summed E-state index contributed by atoms with van der Waals surface area (Å²) in [5.41, 5.74) is 1.79. The van der Waals surface area contributed by atoms with Crippen LogP contribution in [0.5, 0.6) is 0 Å². The summed E-state index contributed by atoms with van der Waals surface area (Å²) in [4.78, 5) is 16.3. The molecule has 0 aliphatic rings. The zero-order valence-corrected chi connectivity index (χ0v) is 12.0. The van der Waals surface area contributed by atoms with Crippen LogP contribution in [0.3, 0.4) is 0 Å². The quantitative estimate of drug-likeness (QED) is 0.793. The van der Waals surface area contributed by atoms with Crippen LogP contribution in [0.15, 0.2) is 53.1 Å². The summed E-state index contributed by atoms with van der Waals surface area (Å²) in [6.07, 6.45) is 1.76. The van der Waals surface area contributed by atoms with Crippen LogP contribution >= 0.6 is 0 Å². The van der Waals surface area contributed by atoms with Gasteiger partial charge in [0.25, 0.3) is 5.91 Å². The van der Waals surface area contributed by atoms with E-state index < -0.39 is 0 Å². The van der Waals surface area contributed by atoms with Crippen LogP contribution in [0.2, 0.25) is 0 Å². The molecule has 2 heterocycles. The van der Waals surface area contributed by atoms with Gasteiger partial charge >= 0.3 is 0 Å². The van der Waals surface area contributed by atoms with Crippen LogP contribution in [0, 0.1) is 0 Å². The topological polar surface area (TPSA) is 55.1 Å². The molecule has 21 heavy (non-hydrogen) atoms. The van der Waals surface area contributed by atoms with Crippen LogP contribution < -0.4 is 5.32 Å². The first kappa shape index (κ1) is 13.4. The monoisotopic (exact) mass is 282 g/mol. The number of para-hydroxylation sites is 1. The van der Waals surface area contributed by atoms with Crippen LogP contribution in [0.25, 0.3) is 22.2 Å². The molecule has 1 amide bonds. The average Bonchev–Trinajstić information content (AvgIpc) is 2.96. The Labute approximate surface area is 124 Å². The lowest BCUT2D eigenvalue weighted by atomic mass is 10.1. The molecule has 0 aliphatic carbocycles. The van der Waals surface area contributed by atoms with Gasteiger partial charge in [0.05, 0.1) is 5.52 Å². The van der Waals surface area contributed by atoms with Crippen molar-refractivity contribution in [1.29, 1.82) is 0 Å². The number of hydrogen-bond donors (Lipinski definition) is 1. The lowest BCUT2D eigenvalue weighted by molar-refractivity contribution is 0.0916. The van der Waals surface area contributed by atoms with Crippen molar-refractivity contribution in [2.24, 2.45) is 0 Å². The molecule has 3 aromatic rings. The van der Waals surface area contributed by atoms with Crippen molar-refractivity contribution in [3.8, 4) is 11.3 Å². The molecule has 3 rings (SSSR count). The Morgan fingerprint density at radius 3 is 2.86 bits per heavy atom. The third kappa shape index (κ3) is 2.79. The van der Waals surface area contributed by atoms with Crippen LogP contribution in [-0.4, -0.2) is 16.9 Å². The molecule has 0 unspecified atom stereocenters. The third-order valence-electron chi connectivity index (χ3n) is 3.12. The number of carbonyl (C=O) groups is 1. The Balaban J connectivity index is 0.00000176. The van der Waals surface area contributed by atoms with Crippen molar-refractivity contribution in [3.05, 3.63) is 54.4 Å². The molecule has 0 spiro atoms. The minimum absolute atomic E-state index is 0. The Hall–Kier alpha value is -2.62. The fourth-order valence-corrected chi connectivity index (χ4v) is 2.15. The highest BCUT2D eigenvalue weighted by Gasteiger charge is 2.13. The van der Waals surface area contributed by atoms with Crippen LogP contribution in [0.1, 0.15) is 25.8 Å². The van der Waals surface area contributed by atoms with Crippen LogP contribution in [0.4, 0.5) is 0 Å². The van der Waals surface area contributed by atoms with Gasteiger partial charge in [-0.05, 0) is 38.1 Å². The Kier molecular flexibility index (Phi) is 3.44. The number of carbonyl (C=O) groups excluding carboxylic acids is 1. The molecule has 0 fully saturated rings. The fourth-order valence-electron chi connectivity index (χ4n) is 2.15. The normalized spacial score (nSPS) is 11.0. The number of furan rings is 1. The smallest absolute Gasteiger partial charge is 0.287 e. The number of hydrogen-bond acceptors (Lipinski definition) is 3. The molecule has 0 saturated heterocycles. The summed E-state index contributed by atoms with van der Waals surface area (Å²) in [5, 5.41) is 3.85. The van der Waals surface area contributed by atoms with Crippen molar-refractivity contribution in [2.45, 2.75) is 19.9 Å². The van der Waals surface area contributed by atoms with E-state index in [0.717, 1.165) is 16.5 Å². The Bertz CT molecular complexity index is 796. The number of nitrogens with one attached hydrogen (secondary N) is 1. The first-order valence-electron chi connectivity index (χ1n) is 6.89. The molecule has 0 atom stereocenters. The molecule has 0 saturated carbocycles. The molecule has 108 valence electrons. The molecular formula is C17H18N2O2. The molecule has 1 N–H and O–H groups in total. The van der Waals surface area contributed by atoms with Gasteiger partial charge in [-0.1, -0.05) is 18.2 Å². The zero-order valence-electron chi connectivity index (χ0n) is 12.0. The lowest BCUT2D eigenvalue weighted by Gasteiger charge is -2.05. The SMILES string of the molecule is CC(C)NC(=O)c1ccc(-c2cnc3ccccc3c2)o1.[HH]. The third-order valence-corrected chi connectivity index (χ3v) is 3.12. The number of rotatable bonds is 3. The summed E-state index contributed by atoms with van der Waals surface area (Å²) >= 11 is 0. The van der Waals surface area contributed by atoms with Gasteiger partial charge in [-0.15, -0.1) is 0 Å². The highest BCUT2D eigenvalue weighted by molar-refractivity contribution is 5.92. The van der Waals surface area contributed by atoms with Gasteiger partial charge in [0.15, 0.2) is 5.76 Å². The van der Waals surface area contributed by atoms with Crippen molar-refractivity contribution in [3.63, 3.8) is 0 Å². The number of aromatic nitrogens is 1. The molecule has 0 aliphatic heterocycles. The minimum Gasteiger partial charge on any atom is -0.451 e. The molecular weight excluding hydrogens is 264 g/mol. The van der Waals surface area contributed by atoms with E-state index in [0.29, 0.717) is 11.5 Å². The van der Waals surface area contributed by atoms with E-state index in [9.17, 15) is 4.79 Å². The lowest BCUT2D eigenvalue weighted by Crippen LogP contribution is -2.29. The van der Waals surface area contributed by atoms with E-state index >= 15 is 0 Å². The van der Waals surface area contributed by atoms with Gasteiger partial charge in [-0.3, -0.25) is 9.78 Å². The van der Waals surface area contributed by atoms with Crippen LogP contribution in [-0.2, 0) is 0 Å². The van der Waals surface area contributed by atoms with Crippen molar-refractivity contribution in [1.82, 2.24) is 10.3 Å². The van der Waals surface area contributed by atoms with Crippen molar-refractivity contribution >= 4 is 16.8 Å². The summed E-state index contributed by atoms with van der Waals surface area (Å²) in [5.74, 6) is 0.749. The first-order chi connectivity index (χ1) is 10.1. The molecule has 0 radical (unpaired) electrons. The predicted molar refractivity (Wildman–Crippen MR) is 84.2 cm³/mol. The van der Waals surface area contributed by atoms with Crippen molar-refractivity contribution in [2.75, 3.05) is 0 Å². The van der Waals surface area contributed by atoms with E-state index in [4.69, 9.17) is 4.42 Å². The second kappa shape index (κ2) is 5.40. The summed E-state index contributed by atoms with van der Waals surface area (Å²) < 4.78 is 5.63. The minimum atomic E-state index is -0.204. The summed E-state index contributed by atoms with van der Waals surface area (Å²) in [7, 11) is 0. The highest BCUT2D eigenvalue weighted by Crippen LogP contribution is 2.24. The molecule has 4 nitrogen and oxygen atoms in total. The van der Waals surface area contributed by atoms with E-state index in [1.54, 1.807) is 18.3 Å². The molecule has 1 aromatic carbocycles. The number of benzene rings is 1. The number of nitrogens with zero attached hydrogens (tertiary/aromatic N) is 1. The second-order valence-corrected chi connectivity index (χ2v) is 5.21. The molecule has 0 bridgehead atoms. The number of fused-ring (bicyclic) bond motifs is 1. The van der Waals surface area contributed by atoms with Gasteiger partial charge < -0.3 is 9.73 Å². The summed E-state index contributed by atoms with van der Waals surface area (Å²) in [6.45, 7) is 3.82. The maximum Gasteiger partial charge on any atom is 0.287 e. The van der Waals surface area contributed by atoms with E-state index in [2.05, 4.69) is 10.3 Å². The van der Waals surface area contributed by atoms with Gasteiger partial charge in [0.1, 0.15) is 5.76 Å². The Morgan fingerprint density at radius 2 is 2.05 bits per heavy atom.